The zero-order valence-corrected chi connectivity index (χ0v) is 29.2. The number of carbonyl (C=O) groups excluding carboxylic acids is 1. The van der Waals surface area contributed by atoms with Crippen molar-refractivity contribution in [2.75, 3.05) is 44.7 Å². The molecule has 0 unspecified atom stereocenters. The molecule has 0 radical (unpaired) electrons. The highest BCUT2D eigenvalue weighted by Crippen LogP contribution is 2.32. The highest BCUT2D eigenvalue weighted by Gasteiger charge is 2.23. The number of halogens is 2. The number of ether oxygens (including phenoxy) is 2. The van der Waals surface area contributed by atoms with Crippen molar-refractivity contribution >= 4 is 22.8 Å². The van der Waals surface area contributed by atoms with Crippen LogP contribution in [0.1, 0.15) is 50.8 Å². The number of para-hydroxylation sites is 1. The van der Waals surface area contributed by atoms with Gasteiger partial charge in [0.2, 0.25) is 0 Å². The zero-order chi connectivity index (χ0) is 35.5. The Kier molecular flexibility index (Phi) is 10.1. The maximum atomic E-state index is 15.3. The Morgan fingerprint density at radius 2 is 1.65 bits per heavy atom. The van der Waals surface area contributed by atoms with Gasteiger partial charge in [-0.1, -0.05) is 24.3 Å². The standard InChI is InChI=1S/C39H43F2N7O3/c1-39(2,3)51-38(49)44-29-7-4-6-26(18-29)23-46-12-10-30(11-13-46)48-24-28(21-43-48)36-22-42-35-9-5-8-31(37(35)45-36)27-19-33(40)32(34(41)20-27)25-47-14-16-50-17-15-47/h4-9,18-22,24,30H,10-17,23,25H2,1-3H3,(H,44,49). The number of anilines is 1. The lowest BCUT2D eigenvalue weighted by Crippen LogP contribution is -2.36. The summed E-state index contributed by atoms with van der Waals surface area (Å²) in [4.78, 5) is 26.2. The molecule has 10 nitrogen and oxygen atoms in total. The highest BCUT2D eigenvalue weighted by molar-refractivity contribution is 5.92. The first kappa shape index (κ1) is 34.7. The van der Waals surface area contributed by atoms with E-state index in [9.17, 15) is 4.79 Å². The first-order valence-corrected chi connectivity index (χ1v) is 17.5. The third-order valence-corrected chi connectivity index (χ3v) is 9.32. The van der Waals surface area contributed by atoms with Gasteiger partial charge in [0, 0.05) is 67.8 Å². The maximum absolute atomic E-state index is 15.3. The van der Waals surface area contributed by atoms with Crippen molar-refractivity contribution < 1.29 is 23.0 Å². The fourth-order valence-electron chi connectivity index (χ4n) is 6.74. The molecule has 1 amide bonds. The Hall–Kier alpha value is -4.78. The van der Waals surface area contributed by atoms with Crippen molar-refractivity contribution in [1.82, 2.24) is 29.5 Å². The van der Waals surface area contributed by atoms with Crippen molar-refractivity contribution in [2.24, 2.45) is 0 Å². The van der Waals surface area contributed by atoms with Crippen molar-refractivity contribution in [3.8, 4) is 22.4 Å². The molecule has 12 heteroatoms. The van der Waals surface area contributed by atoms with Crippen LogP contribution in [0, 0.1) is 11.6 Å². The fourth-order valence-corrected chi connectivity index (χ4v) is 6.74. The SMILES string of the molecule is CC(C)(C)OC(=O)Nc1cccc(CN2CCC(n3cc(-c4cnc5cccc(-c6cc(F)c(CN7CCOCC7)c(F)c6)c5n4)cn3)CC2)c1. The second-order valence-corrected chi connectivity index (χ2v) is 14.3. The predicted molar refractivity (Wildman–Crippen MR) is 192 cm³/mol. The van der Waals surface area contributed by atoms with Gasteiger partial charge in [0.05, 0.1) is 48.4 Å². The molecule has 266 valence electrons. The molecular weight excluding hydrogens is 652 g/mol. The van der Waals surface area contributed by atoms with Crippen LogP contribution in [-0.4, -0.2) is 80.6 Å². The van der Waals surface area contributed by atoms with Crippen LogP contribution in [0.25, 0.3) is 33.4 Å². The van der Waals surface area contributed by atoms with Crippen LogP contribution >= 0.6 is 0 Å². The molecular formula is C39H43F2N7O3. The molecule has 2 aliphatic rings. The Morgan fingerprint density at radius 1 is 0.922 bits per heavy atom. The van der Waals surface area contributed by atoms with Crippen LogP contribution in [0.3, 0.4) is 0 Å². The van der Waals surface area contributed by atoms with E-state index in [1.807, 2.05) is 72.9 Å². The van der Waals surface area contributed by atoms with Gasteiger partial charge in [0.25, 0.3) is 0 Å². The first-order valence-electron chi connectivity index (χ1n) is 17.5. The van der Waals surface area contributed by atoms with Gasteiger partial charge in [-0.2, -0.15) is 5.10 Å². The van der Waals surface area contributed by atoms with Crippen LogP contribution in [0.15, 0.2) is 73.2 Å². The van der Waals surface area contributed by atoms with Gasteiger partial charge in [0.15, 0.2) is 0 Å². The summed E-state index contributed by atoms with van der Waals surface area (Å²) in [5, 5.41) is 7.52. The molecule has 1 N–H and O–H groups in total. The number of nitrogens with zero attached hydrogens (tertiary/aromatic N) is 6. The molecule has 2 fully saturated rings. The Morgan fingerprint density at radius 3 is 2.39 bits per heavy atom. The topological polar surface area (TPSA) is 97.6 Å². The normalized spacial score (nSPS) is 16.4. The van der Waals surface area contributed by atoms with E-state index in [0.29, 0.717) is 59.8 Å². The van der Waals surface area contributed by atoms with E-state index in [4.69, 9.17) is 19.6 Å². The number of fused-ring (bicyclic) bond motifs is 1. The van der Waals surface area contributed by atoms with Gasteiger partial charge in [-0.05, 0) is 75.1 Å². The molecule has 5 aromatic rings. The molecule has 0 aliphatic carbocycles. The molecule has 51 heavy (non-hydrogen) atoms. The van der Waals surface area contributed by atoms with Gasteiger partial charge < -0.3 is 9.47 Å². The van der Waals surface area contributed by atoms with Crippen LogP contribution in [0.5, 0.6) is 0 Å². The lowest BCUT2D eigenvalue weighted by Gasteiger charge is -2.32. The number of aromatic nitrogens is 4. The maximum Gasteiger partial charge on any atom is 0.412 e. The monoisotopic (exact) mass is 695 g/mol. The first-order chi connectivity index (χ1) is 24.6. The molecule has 0 saturated carbocycles. The van der Waals surface area contributed by atoms with Crippen LogP contribution in [-0.2, 0) is 22.6 Å². The molecule has 0 bridgehead atoms. The summed E-state index contributed by atoms with van der Waals surface area (Å²) in [7, 11) is 0. The molecule has 2 aliphatic heterocycles. The van der Waals surface area contributed by atoms with Crippen molar-refractivity contribution in [1.29, 1.82) is 0 Å². The van der Waals surface area contributed by atoms with Gasteiger partial charge in [-0.15, -0.1) is 0 Å². The summed E-state index contributed by atoms with van der Waals surface area (Å²) in [5.74, 6) is -1.15. The number of carbonyl (C=O) groups is 1. The minimum atomic E-state index is -0.575. The molecule has 0 spiro atoms. The Balaban J connectivity index is 1.01. The summed E-state index contributed by atoms with van der Waals surface area (Å²) >= 11 is 0. The number of hydrogen-bond acceptors (Lipinski definition) is 8. The van der Waals surface area contributed by atoms with E-state index in [0.717, 1.165) is 43.6 Å². The molecule has 7 rings (SSSR count). The molecule has 2 saturated heterocycles. The number of piperidine rings is 1. The minimum Gasteiger partial charge on any atom is -0.444 e. The number of likely N-dealkylation sites (tertiary alicyclic amines) is 1. The molecule has 3 aromatic carbocycles. The van der Waals surface area contributed by atoms with E-state index in [1.165, 1.54) is 12.1 Å². The van der Waals surface area contributed by atoms with E-state index < -0.39 is 23.3 Å². The van der Waals surface area contributed by atoms with Crippen molar-refractivity contribution in [2.45, 2.75) is 58.3 Å². The number of rotatable bonds is 8. The summed E-state index contributed by atoms with van der Waals surface area (Å²) < 4.78 is 43.5. The molecule has 2 aromatic heterocycles. The van der Waals surface area contributed by atoms with Gasteiger partial charge in [0.1, 0.15) is 17.2 Å². The fraction of sp³-hybridized carbons (Fsp3) is 0.385. The number of nitrogens with one attached hydrogen (secondary N) is 1. The van der Waals surface area contributed by atoms with Crippen LogP contribution in [0.4, 0.5) is 19.3 Å². The summed E-state index contributed by atoms with van der Waals surface area (Å²) in [6.07, 6.45) is 6.92. The quantitative estimate of drug-likeness (QED) is 0.179. The zero-order valence-electron chi connectivity index (χ0n) is 29.2. The number of benzene rings is 3. The smallest absolute Gasteiger partial charge is 0.412 e. The Labute approximate surface area is 296 Å². The van der Waals surface area contributed by atoms with Gasteiger partial charge >= 0.3 is 6.09 Å². The van der Waals surface area contributed by atoms with Gasteiger partial charge in [-0.3, -0.25) is 24.8 Å². The van der Waals surface area contributed by atoms with Crippen molar-refractivity contribution in [3.05, 3.63) is 95.9 Å². The average Bonchev–Trinajstić information content (AvgIpc) is 3.60. The number of amides is 1. The van der Waals surface area contributed by atoms with Crippen molar-refractivity contribution in [3.63, 3.8) is 0 Å². The molecule has 4 heterocycles. The van der Waals surface area contributed by atoms with E-state index >= 15 is 8.78 Å². The van der Waals surface area contributed by atoms with E-state index in [1.54, 1.807) is 12.4 Å². The van der Waals surface area contributed by atoms with Crippen LogP contribution < -0.4 is 5.32 Å². The Bertz CT molecular complexity index is 1990. The second kappa shape index (κ2) is 14.8. The van der Waals surface area contributed by atoms with E-state index in [2.05, 4.69) is 21.3 Å². The van der Waals surface area contributed by atoms with E-state index in [-0.39, 0.29) is 18.2 Å². The van der Waals surface area contributed by atoms with Gasteiger partial charge in [-0.25, -0.2) is 18.6 Å². The highest BCUT2D eigenvalue weighted by atomic mass is 19.1. The lowest BCUT2D eigenvalue weighted by molar-refractivity contribution is 0.0332. The number of morpholine rings is 1. The third-order valence-electron chi connectivity index (χ3n) is 9.32. The summed E-state index contributed by atoms with van der Waals surface area (Å²) in [5.41, 5.74) is 5.04. The molecule has 0 atom stereocenters. The summed E-state index contributed by atoms with van der Waals surface area (Å²) in [6, 6.07) is 16.4. The summed E-state index contributed by atoms with van der Waals surface area (Å²) in [6.45, 7) is 10.7. The average molecular weight is 696 g/mol. The predicted octanol–water partition coefficient (Wildman–Crippen LogP) is 7.45. The third kappa shape index (κ3) is 8.41. The van der Waals surface area contributed by atoms with Crippen LogP contribution in [0.2, 0.25) is 0 Å². The minimum absolute atomic E-state index is 0.0627. The number of hydrogen-bond donors (Lipinski definition) is 1. The second-order valence-electron chi connectivity index (χ2n) is 14.3. The lowest BCUT2D eigenvalue weighted by atomic mass is 10.0. The largest absolute Gasteiger partial charge is 0.444 e.